The van der Waals surface area contributed by atoms with E-state index < -0.39 is 0 Å². The third kappa shape index (κ3) is 6.57. The Bertz CT molecular complexity index is 337. The van der Waals surface area contributed by atoms with Gasteiger partial charge in [0, 0.05) is 33.0 Å². The van der Waals surface area contributed by atoms with E-state index in [9.17, 15) is 0 Å². The lowest BCUT2D eigenvalue weighted by atomic mass is 10.1. The van der Waals surface area contributed by atoms with Gasteiger partial charge in [-0.05, 0) is 31.0 Å². The number of rotatable bonds is 10. The van der Waals surface area contributed by atoms with E-state index >= 15 is 0 Å². The summed E-state index contributed by atoms with van der Waals surface area (Å²) in [6, 6.07) is 8.08. The Labute approximate surface area is 116 Å². The van der Waals surface area contributed by atoms with Gasteiger partial charge in [-0.3, -0.25) is 4.90 Å². The maximum Gasteiger partial charge on any atom is 0.0589 e. The van der Waals surface area contributed by atoms with E-state index in [0.29, 0.717) is 0 Å². The monoisotopic (exact) mass is 266 g/mol. The van der Waals surface area contributed by atoms with Crippen molar-refractivity contribution < 1.29 is 9.47 Å². The van der Waals surface area contributed by atoms with Crippen LogP contribution in [0.5, 0.6) is 0 Å². The summed E-state index contributed by atoms with van der Waals surface area (Å²) in [4.78, 5) is 2.37. The van der Waals surface area contributed by atoms with Crippen molar-refractivity contribution >= 4 is 5.69 Å². The van der Waals surface area contributed by atoms with Crippen molar-refractivity contribution in [3.05, 3.63) is 29.8 Å². The Balaban J connectivity index is 2.32. The van der Waals surface area contributed by atoms with Gasteiger partial charge in [0.25, 0.3) is 0 Å². The lowest BCUT2D eigenvalue weighted by Gasteiger charge is -2.21. The smallest absolute Gasteiger partial charge is 0.0589 e. The third-order valence-corrected chi connectivity index (χ3v) is 3.20. The number of hydrogen-bond donors (Lipinski definition) is 1. The molecule has 0 spiro atoms. The molecule has 1 aromatic rings. The highest BCUT2D eigenvalue weighted by atomic mass is 16.5. The molecule has 4 heteroatoms. The van der Waals surface area contributed by atoms with Crippen LogP contribution in [0.3, 0.4) is 0 Å². The van der Waals surface area contributed by atoms with Gasteiger partial charge in [-0.2, -0.15) is 0 Å². The molecule has 0 bridgehead atoms. The molecule has 0 saturated heterocycles. The van der Waals surface area contributed by atoms with Crippen molar-refractivity contribution in [1.29, 1.82) is 0 Å². The first kappa shape index (κ1) is 16.0. The maximum atomic E-state index is 5.94. The Morgan fingerprint density at radius 3 is 2.21 bits per heavy atom. The molecule has 1 rings (SSSR count). The molecule has 4 nitrogen and oxygen atoms in total. The normalized spacial score (nSPS) is 11.1. The van der Waals surface area contributed by atoms with Gasteiger partial charge in [-0.15, -0.1) is 0 Å². The van der Waals surface area contributed by atoms with Gasteiger partial charge >= 0.3 is 0 Å². The predicted octanol–water partition coefficient (Wildman–Crippen LogP) is 1.80. The van der Waals surface area contributed by atoms with Crippen LogP contribution in [0.1, 0.15) is 12.0 Å². The number of hydrogen-bond acceptors (Lipinski definition) is 4. The Morgan fingerprint density at radius 2 is 1.63 bits per heavy atom. The van der Waals surface area contributed by atoms with Crippen LogP contribution in [-0.2, 0) is 15.9 Å². The molecule has 0 aromatic heterocycles. The number of benzene rings is 1. The van der Waals surface area contributed by atoms with Crippen LogP contribution in [0.2, 0.25) is 0 Å². The fourth-order valence-electron chi connectivity index (χ4n) is 2.03. The van der Waals surface area contributed by atoms with Crippen molar-refractivity contribution in [3.8, 4) is 0 Å². The fourth-order valence-corrected chi connectivity index (χ4v) is 2.03. The van der Waals surface area contributed by atoms with Crippen molar-refractivity contribution in [2.24, 2.45) is 0 Å². The highest BCUT2D eigenvalue weighted by molar-refractivity contribution is 5.46. The number of ether oxygens (including phenoxy) is 2. The van der Waals surface area contributed by atoms with Crippen LogP contribution < -0.4 is 5.73 Å². The lowest BCUT2D eigenvalue weighted by molar-refractivity contribution is 0.113. The molecular formula is C15H26N2O2. The van der Waals surface area contributed by atoms with Gasteiger partial charge in [-0.25, -0.2) is 0 Å². The zero-order valence-corrected chi connectivity index (χ0v) is 12.1. The molecule has 0 atom stereocenters. The molecule has 0 heterocycles. The van der Waals surface area contributed by atoms with E-state index in [2.05, 4.69) is 11.0 Å². The van der Waals surface area contributed by atoms with Gasteiger partial charge in [0.1, 0.15) is 0 Å². The largest absolute Gasteiger partial charge is 0.399 e. The molecule has 0 unspecified atom stereocenters. The molecule has 0 saturated carbocycles. The molecule has 0 fully saturated rings. The first-order chi connectivity index (χ1) is 9.27. The number of nitrogens with two attached hydrogens (primary N) is 1. The van der Waals surface area contributed by atoms with Crippen LogP contribution in [-0.4, -0.2) is 52.0 Å². The summed E-state index contributed by atoms with van der Waals surface area (Å²) in [6.07, 6.45) is 2.12. The van der Waals surface area contributed by atoms with E-state index in [1.165, 1.54) is 5.56 Å². The standard InChI is InChI=1S/C15H26N2O2/c1-18-12-10-17(11-13-19-2)9-5-7-14-6-3-4-8-15(14)16/h3-4,6,8H,5,7,9-13,16H2,1-2H3. The van der Waals surface area contributed by atoms with E-state index in [-0.39, 0.29) is 0 Å². The van der Waals surface area contributed by atoms with Gasteiger partial charge in [0.2, 0.25) is 0 Å². The lowest BCUT2D eigenvalue weighted by Crippen LogP contribution is -2.31. The van der Waals surface area contributed by atoms with Crippen LogP contribution in [0, 0.1) is 0 Å². The summed E-state index contributed by atoms with van der Waals surface area (Å²) in [5, 5.41) is 0. The summed E-state index contributed by atoms with van der Waals surface area (Å²) in [7, 11) is 3.47. The van der Waals surface area contributed by atoms with Crippen molar-refractivity contribution in [3.63, 3.8) is 0 Å². The van der Waals surface area contributed by atoms with E-state index in [1.54, 1.807) is 14.2 Å². The van der Waals surface area contributed by atoms with Crippen LogP contribution >= 0.6 is 0 Å². The number of para-hydroxylation sites is 1. The zero-order chi connectivity index (χ0) is 13.9. The number of anilines is 1. The highest BCUT2D eigenvalue weighted by Gasteiger charge is 2.05. The summed E-state index contributed by atoms with van der Waals surface area (Å²) >= 11 is 0. The van der Waals surface area contributed by atoms with Gasteiger partial charge < -0.3 is 15.2 Å². The van der Waals surface area contributed by atoms with Gasteiger partial charge in [0.05, 0.1) is 13.2 Å². The van der Waals surface area contributed by atoms with Crippen LogP contribution in [0.25, 0.3) is 0 Å². The van der Waals surface area contributed by atoms with E-state index in [1.807, 2.05) is 18.2 Å². The van der Waals surface area contributed by atoms with Crippen LogP contribution in [0.15, 0.2) is 24.3 Å². The Morgan fingerprint density at radius 1 is 1.00 bits per heavy atom. The summed E-state index contributed by atoms with van der Waals surface area (Å²) in [6.45, 7) is 4.46. The summed E-state index contributed by atoms with van der Waals surface area (Å²) in [5.74, 6) is 0. The predicted molar refractivity (Wildman–Crippen MR) is 79.4 cm³/mol. The molecule has 0 aliphatic carbocycles. The molecule has 0 aliphatic rings. The Hall–Kier alpha value is -1.10. The highest BCUT2D eigenvalue weighted by Crippen LogP contribution is 2.12. The van der Waals surface area contributed by atoms with Crippen molar-refractivity contribution in [2.75, 3.05) is 52.8 Å². The third-order valence-electron chi connectivity index (χ3n) is 3.20. The van der Waals surface area contributed by atoms with Crippen LogP contribution in [0.4, 0.5) is 5.69 Å². The second-order valence-corrected chi connectivity index (χ2v) is 4.63. The second-order valence-electron chi connectivity index (χ2n) is 4.63. The quantitative estimate of drug-likeness (QED) is 0.656. The minimum Gasteiger partial charge on any atom is -0.399 e. The SMILES string of the molecule is COCCN(CCCc1ccccc1N)CCOC. The molecule has 2 N–H and O–H groups in total. The molecule has 0 aliphatic heterocycles. The molecule has 0 radical (unpaired) electrons. The van der Waals surface area contributed by atoms with E-state index in [0.717, 1.165) is 51.4 Å². The molecular weight excluding hydrogens is 240 g/mol. The van der Waals surface area contributed by atoms with E-state index in [4.69, 9.17) is 15.2 Å². The molecule has 108 valence electrons. The topological polar surface area (TPSA) is 47.7 Å². The van der Waals surface area contributed by atoms with Crippen molar-refractivity contribution in [1.82, 2.24) is 4.90 Å². The average molecular weight is 266 g/mol. The minimum absolute atomic E-state index is 0.761. The Kier molecular flexibility index (Phi) is 8.21. The number of methoxy groups -OCH3 is 2. The molecule has 19 heavy (non-hydrogen) atoms. The average Bonchev–Trinajstić information content (AvgIpc) is 2.43. The summed E-state index contributed by atoms with van der Waals surface area (Å²) < 4.78 is 10.3. The van der Waals surface area contributed by atoms with Crippen molar-refractivity contribution in [2.45, 2.75) is 12.8 Å². The second kappa shape index (κ2) is 9.78. The first-order valence-electron chi connectivity index (χ1n) is 6.81. The molecule has 0 amide bonds. The first-order valence-corrected chi connectivity index (χ1v) is 6.81. The summed E-state index contributed by atoms with van der Waals surface area (Å²) in [5.41, 5.74) is 8.07. The fraction of sp³-hybridized carbons (Fsp3) is 0.600. The van der Waals surface area contributed by atoms with Gasteiger partial charge in [-0.1, -0.05) is 18.2 Å². The minimum atomic E-state index is 0.761. The number of nitrogens with zero attached hydrogens (tertiary/aromatic N) is 1. The molecule has 1 aromatic carbocycles. The number of aryl methyl sites for hydroxylation is 1. The number of nitrogen functional groups attached to an aromatic ring is 1. The zero-order valence-electron chi connectivity index (χ0n) is 12.1. The van der Waals surface area contributed by atoms with Gasteiger partial charge in [0.15, 0.2) is 0 Å². The maximum absolute atomic E-state index is 5.94.